The highest BCUT2D eigenvalue weighted by Gasteiger charge is 1.98. The maximum Gasteiger partial charge on any atom is 0.125 e. The third kappa shape index (κ3) is 3.87. The summed E-state index contributed by atoms with van der Waals surface area (Å²) in [7, 11) is 1.87. The fourth-order valence-corrected chi connectivity index (χ4v) is 2.10. The van der Waals surface area contributed by atoms with Crippen molar-refractivity contribution in [2.75, 3.05) is 19.0 Å². The molecule has 0 aliphatic carbocycles. The van der Waals surface area contributed by atoms with E-state index in [1.165, 1.54) is 3.57 Å². The molecule has 94 valence electrons. The highest BCUT2D eigenvalue weighted by atomic mass is 127. The van der Waals surface area contributed by atoms with Crippen LogP contribution in [0.15, 0.2) is 42.5 Å². The Bertz CT molecular complexity index is 517. The first-order valence-corrected chi connectivity index (χ1v) is 6.88. The highest BCUT2D eigenvalue weighted by molar-refractivity contribution is 14.1. The number of anilines is 1. The number of ether oxygens (including phenoxy) is 1. The van der Waals surface area contributed by atoms with Crippen LogP contribution < -0.4 is 10.1 Å². The number of nitrogens with one attached hydrogen (secondary N) is 1. The molecule has 0 saturated heterocycles. The van der Waals surface area contributed by atoms with Gasteiger partial charge in [0.1, 0.15) is 11.6 Å². The number of pyridine rings is 1. The maximum atomic E-state index is 5.70. The molecule has 0 fully saturated rings. The van der Waals surface area contributed by atoms with Gasteiger partial charge in [0.05, 0.1) is 6.61 Å². The molecule has 0 amide bonds. The number of nitrogens with zero attached hydrogens (tertiary/aromatic N) is 1. The molecule has 0 aliphatic rings. The molecule has 0 aliphatic heterocycles. The number of benzene rings is 1. The Labute approximate surface area is 121 Å². The molecule has 3 nitrogen and oxygen atoms in total. The first-order valence-electron chi connectivity index (χ1n) is 5.80. The lowest BCUT2D eigenvalue weighted by Crippen LogP contribution is -2.04. The monoisotopic (exact) mass is 354 g/mol. The smallest absolute Gasteiger partial charge is 0.125 e. The van der Waals surface area contributed by atoms with Gasteiger partial charge in [0, 0.05) is 22.7 Å². The average molecular weight is 354 g/mol. The van der Waals surface area contributed by atoms with Gasteiger partial charge in [-0.05, 0) is 52.9 Å². The zero-order chi connectivity index (χ0) is 12.8. The molecule has 0 atom stereocenters. The van der Waals surface area contributed by atoms with Gasteiger partial charge in [-0.25, -0.2) is 4.98 Å². The van der Waals surface area contributed by atoms with Crippen LogP contribution in [-0.2, 0) is 6.42 Å². The molecule has 1 heterocycles. The van der Waals surface area contributed by atoms with Gasteiger partial charge in [0.15, 0.2) is 0 Å². The van der Waals surface area contributed by atoms with E-state index >= 15 is 0 Å². The molecular weight excluding hydrogens is 339 g/mol. The molecule has 0 bridgehead atoms. The van der Waals surface area contributed by atoms with E-state index in [9.17, 15) is 0 Å². The Hall–Kier alpha value is -1.30. The van der Waals surface area contributed by atoms with Gasteiger partial charge in [-0.3, -0.25) is 0 Å². The molecule has 2 rings (SSSR count). The summed E-state index contributed by atoms with van der Waals surface area (Å²) in [5.41, 5.74) is 1.03. The largest absolute Gasteiger partial charge is 0.493 e. The zero-order valence-electron chi connectivity index (χ0n) is 10.2. The lowest BCUT2D eigenvalue weighted by atomic mass is 10.3. The van der Waals surface area contributed by atoms with Crippen LogP contribution in [0, 0.1) is 3.57 Å². The molecular formula is C14H15IN2O. The molecule has 0 saturated carbocycles. The summed E-state index contributed by atoms with van der Waals surface area (Å²) < 4.78 is 6.88. The number of hydrogen-bond donors (Lipinski definition) is 1. The van der Waals surface area contributed by atoms with Crippen LogP contribution in [0.3, 0.4) is 0 Å². The van der Waals surface area contributed by atoms with E-state index in [2.05, 4.69) is 32.9 Å². The summed E-state index contributed by atoms with van der Waals surface area (Å²) in [6.45, 7) is 0.639. The molecule has 0 unspecified atom stereocenters. The quantitative estimate of drug-likeness (QED) is 0.837. The lowest BCUT2D eigenvalue weighted by Gasteiger charge is -2.07. The van der Waals surface area contributed by atoms with Crippen LogP contribution in [0.4, 0.5) is 5.82 Å². The standard InChI is InChI=1S/C14H15IN2O/c1-16-14-7-3-5-12(17-14)8-9-18-13-6-2-4-11(15)10-13/h2-7,10H,8-9H2,1H3,(H,16,17). The van der Waals surface area contributed by atoms with E-state index in [4.69, 9.17) is 4.74 Å². The molecule has 1 aromatic heterocycles. The summed E-state index contributed by atoms with van der Waals surface area (Å²) in [5, 5.41) is 3.03. The molecule has 0 radical (unpaired) electrons. The molecule has 4 heteroatoms. The minimum Gasteiger partial charge on any atom is -0.493 e. The van der Waals surface area contributed by atoms with Crippen molar-refractivity contribution in [1.82, 2.24) is 4.98 Å². The molecule has 1 N–H and O–H groups in total. The number of rotatable bonds is 5. The first kappa shape index (κ1) is 13.1. The van der Waals surface area contributed by atoms with Gasteiger partial charge in [-0.15, -0.1) is 0 Å². The summed E-state index contributed by atoms with van der Waals surface area (Å²) in [6, 6.07) is 14.0. The van der Waals surface area contributed by atoms with Gasteiger partial charge in [0.25, 0.3) is 0 Å². The third-order valence-corrected chi connectivity index (χ3v) is 3.16. The van der Waals surface area contributed by atoms with Crippen LogP contribution in [0.25, 0.3) is 0 Å². The van der Waals surface area contributed by atoms with Crippen molar-refractivity contribution < 1.29 is 4.74 Å². The van der Waals surface area contributed by atoms with E-state index in [-0.39, 0.29) is 0 Å². The van der Waals surface area contributed by atoms with Crippen LogP contribution >= 0.6 is 22.6 Å². The van der Waals surface area contributed by atoms with E-state index in [1.54, 1.807) is 0 Å². The molecule has 0 spiro atoms. The van der Waals surface area contributed by atoms with Crippen LogP contribution in [-0.4, -0.2) is 18.6 Å². The molecule has 2 aromatic rings. The maximum absolute atomic E-state index is 5.70. The lowest BCUT2D eigenvalue weighted by molar-refractivity contribution is 0.320. The summed E-state index contributed by atoms with van der Waals surface area (Å²) in [5.74, 6) is 1.80. The van der Waals surface area contributed by atoms with Crippen molar-refractivity contribution in [1.29, 1.82) is 0 Å². The van der Waals surface area contributed by atoms with Crippen molar-refractivity contribution in [3.05, 3.63) is 51.7 Å². The second-order valence-electron chi connectivity index (χ2n) is 3.82. The predicted molar refractivity (Wildman–Crippen MR) is 82.1 cm³/mol. The summed E-state index contributed by atoms with van der Waals surface area (Å²) in [4.78, 5) is 4.45. The van der Waals surface area contributed by atoms with Crippen LogP contribution in [0.2, 0.25) is 0 Å². The van der Waals surface area contributed by atoms with E-state index < -0.39 is 0 Å². The highest BCUT2D eigenvalue weighted by Crippen LogP contribution is 2.15. The Morgan fingerprint density at radius 2 is 2.06 bits per heavy atom. The number of hydrogen-bond acceptors (Lipinski definition) is 3. The van der Waals surface area contributed by atoms with Gasteiger partial charge >= 0.3 is 0 Å². The van der Waals surface area contributed by atoms with E-state index in [0.29, 0.717) is 6.61 Å². The minimum atomic E-state index is 0.639. The van der Waals surface area contributed by atoms with Crippen LogP contribution in [0.5, 0.6) is 5.75 Å². The zero-order valence-corrected chi connectivity index (χ0v) is 12.3. The van der Waals surface area contributed by atoms with E-state index in [1.807, 2.05) is 49.5 Å². The van der Waals surface area contributed by atoms with Crippen LogP contribution in [0.1, 0.15) is 5.69 Å². The summed E-state index contributed by atoms with van der Waals surface area (Å²) in [6.07, 6.45) is 0.807. The topological polar surface area (TPSA) is 34.1 Å². The molecule has 1 aromatic carbocycles. The SMILES string of the molecule is CNc1cccc(CCOc2cccc(I)c2)n1. The number of halogens is 1. The van der Waals surface area contributed by atoms with Gasteiger partial charge < -0.3 is 10.1 Å². The van der Waals surface area contributed by atoms with Crippen molar-refractivity contribution in [2.45, 2.75) is 6.42 Å². The van der Waals surface area contributed by atoms with Crippen molar-refractivity contribution >= 4 is 28.4 Å². The fraction of sp³-hybridized carbons (Fsp3) is 0.214. The normalized spacial score (nSPS) is 10.1. The Kier molecular flexibility index (Phi) is 4.81. The van der Waals surface area contributed by atoms with Crippen molar-refractivity contribution in [3.8, 4) is 5.75 Å². The second-order valence-corrected chi connectivity index (χ2v) is 5.07. The Morgan fingerprint density at radius 3 is 2.83 bits per heavy atom. The Morgan fingerprint density at radius 1 is 1.22 bits per heavy atom. The average Bonchev–Trinajstić information content (AvgIpc) is 2.39. The second kappa shape index (κ2) is 6.58. The van der Waals surface area contributed by atoms with Gasteiger partial charge in [-0.1, -0.05) is 12.1 Å². The van der Waals surface area contributed by atoms with Crippen molar-refractivity contribution in [2.24, 2.45) is 0 Å². The van der Waals surface area contributed by atoms with E-state index in [0.717, 1.165) is 23.7 Å². The third-order valence-electron chi connectivity index (χ3n) is 2.49. The Balaban J connectivity index is 1.88. The van der Waals surface area contributed by atoms with Crippen molar-refractivity contribution in [3.63, 3.8) is 0 Å². The summed E-state index contributed by atoms with van der Waals surface area (Å²) >= 11 is 2.28. The minimum absolute atomic E-state index is 0.639. The molecule has 18 heavy (non-hydrogen) atoms. The first-order chi connectivity index (χ1) is 8.78. The van der Waals surface area contributed by atoms with Gasteiger partial charge in [-0.2, -0.15) is 0 Å². The predicted octanol–water partition coefficient (Wildman–Crippen LogP) is 3.35. The number of aromatic nitrogens is 1. The fourth-order valence-electron chi connectivity index (χ4n) is 1.59. The van der Waals surface area contributed by atoms with Gasteiger partial charge in [0.2, 0.25) is 0 Å².